The Morgan fingerprint density at radius 3 is 2.44 bits per heavy atom. The number of halogens is 1. The zero-order chi connectivity index (χ0) is 10.9. The third-order valence-corrected chi connectivity index (χ3v) is 2.34. The molecule has 0 spiro atoms. The van der Waals surface area contributed by atoms with E-state index in [0.717, 1.165) is 26.1 Å². The highest BCUT2D eigenvalue weighted by Crippen LogP contribution is 2.04. The zero-order valence-corrected chi connectivity index (χ0v) is 10.5. The fourth-order valence-corrected chi connectivity index (χ4v) is 1.57. The van der Waals surface area contributed by atoms with Crippen LogP contribution >= 0.6 is 12.4 Å². The van der Waals surface area contributed by atoms with E-state index in [1.807, 2.05) is 12.1 Å². The summed E-state index contributed by atoms with van der Waals surface area (Å²) in [5.74, 6) is 0. The van der Waals surface area contributed by atoms with Crippen LogP contribution in [0.2, 0.25) is 0 Å². The van der Waals surface area contributed by atoms with Gasteiger partial charge >= 0.3 is 0 Å². The van der Waals surface area contributed by atoms with E-state index in [9.17, 15) is 0 Å². The van der Waals surface area contributed by atoms with Gasteiger partial charge in [-0.05, 0) is 12.0 Å². The van der Waals surface area contributed by atoms with Crippen molar-refractivity contribution >= 4 is 12.4 Å². The van der Waals surface area contributed by atoms with Gasteiger partial charge in [0.2, 0.25) is 0 Å². The molecule has 2 N–H and O–H groups in total. The smallest absolute Gasteiger partial charge is 0.0234 e. The molecule has 16 heavy (non-hydrogen) atoms. The number of nitrogens with two attached hydrogens (primary N) is 1. The molecular weight excluding hydrogens is 220 g/mol. The number of benzene rings is 1. The maximum Gasteiger partial charge on any atom is 0.0234 e. The van der Waals surface area contributed by atoms with Crippen molar-refractivity contribution in [3.8, 4) is 0 Å². The SMILES string of the molecule is C=CCCN(CCN)Cc1ccccc1.Cl. The number of nitrogens with zero attached hydrogens (tertiary/aromatic N) is 1. The lowest BCUT2D eigenvalue weighted by molar-refractivity contribution is 0.278. The second-order valence-corrected chi connectivity index (χ2v) is 3.63. The summed E-state index contributed by atoms with van der Waals surface area (Å²) < 4.78 is 0. The monoisotopic (exact) mass is 240 g/mol. The topological polar surface area (TPSA) is 29.3 Å². The normalized spacial score (nSPS) is 9.88. The summed E-state index contributed by atoms with van der Waals surface area (Å²) in [5.41, 5.74) is 6.93. The molecule has 0 amide bonds. The Morgan fingerprint density at radius 1 is 1.19 bits per heavy atom. The number of rotatable bonds is 7. The van der Waals surface area contributed by atoms with Crippen LogP contribution in [0, 0.1) is 0 Å². The summed E-state index contributed by atoms with van der Waals surface area (Å²) in [5, 5.41) is 0. The molecule has 0 bridgehead atoms. The van der Waals surface area contributed by atoms with Crippen molar-refractivity contribution in [3.63, 3.8) is 0 Å². The lowest BCUT2D eigenvalue weighted by Crippen LogP contribution is -2.29. The van der Waals surface area contributed by atoms with E-state index in [-0.39, 0.29) is 12.4 Å². The summed E-state index contributed by atoms with van der Waals surface area (Å²) in [6.07, 6.45) is 2.97. The second kappa shape index (κ2) is 9.40. The van der Waals surface area contributed by atoms with Crippen LogP contribution in [0.1, 0.15) is 12.0 Å². The molecule has 0 aliphatic rings. The predicted octanol–water partition coefficient (Wildman–Crippen LogP) is 2.45. The Labute approximate surface area is 105 Å². The van der Waals surface area contributed by atoms with Crippen molar-refractivity contribution in [2.75, 3.05) is 19.6 Å². The molecule has 1 rings (SSSR count). The first-order valence-electron chi connectivity index (χ1n) is 5.44. The molecule has 90 valence electrons. The van der Waals surface area contributed by atoms with E-state index < -0.39 is 0 Å². The summed E-state index contributed by atoms with van der Waals surface area (Å²) in [4.78, 5) is 2.36. The minimum absolute atomic E-state index is 0. The fourth-order valence-electron chi connectivity index (χ4n) is 1.57. The summed E-state index contributed by atoms with van der Waals surface area (Å²) in [6, 6.07) is 10.5. The molecule has 0 aliphatic carbocycles. The van der Waals surface area contributed by atoms with Crippen molar-refractivity contribution in [1.82, 2.24) is 4.90 Å². The van der Waals surface area contributed by atoms with Crippen LogP contribution in [0.4, 0.5) is 0 Å². The Balaban J connectivity index is 0.00000225. The molecule has 3 heteroatoms. The van der Waals surface area contributed by atoms with Gasteiger partial charge in [-0.25, -0.2) is 0 Å². The van der Waals surface area contributed by atoms with E-state index >= 15 is 0 Å². The van der Waals surface area contributed by atoms with Crippen LogP contribution in [-0.4, -0.2) is 24.5 Å². The van der Waals surface area contributed by atoms with Gasteiger partial charge in [0.1, 0.15) is 0 Å². The van der Waals surface area contributed by atoms with Crippen molar-refractivity contribution in [1.29, 1.82) is 0 Å². The predicted molar refractivity (Wildman–Crippen MR) is 72.8 cm³/mol. The van der Waals surface area contributed by atoms with Crippen LogP contribution in [-0.2, 0) is 6.54 Å². The lowest BCUT2D eigenvalue weighted by atomic mass is 10.2. The van der Waals surface area contributed by atoms with Crippen LogP contribution in [0.25, 0.3) is 0 Å². The lowest BCUT2D eigenvalue weighted by Gasteiger charge is -2.20. The first kappa shape index (κ1) is 15.2. The molecule has 0 fully saturated rings. The maximum absolute atomic E-state index is 5.59. The molecule has 1 aromatic rings. The average Bonchev–Trinajstić information content (AvgIpc) is 2.28. The standard InChI is InChI=1S/C13H20N2.ClH/c1-2-3-10-15(11-9-14)12-13-7-5-4-6-8-13;/h2,4-8H,1,3,9-12,14H2;1H. The Morgan fingerprint density at radius 2 is 1.88 bits per heavy atom. The molecule has 0 aromatic heterocycles. The van der Waals surface area contributed by atoms with E-state index in [1.165, 1.54) is 5.56 Å². The Hall–Kier alpha value is -0.830. The number of hydrogen-bond acceptors (Lipinski definition) is 2. The highest BCUT2D eigenvalue weighted by Gasteiger charge is 2.03. The van der Waals surface area contributed by atoms with Crippen molar-refractivity contribution < 1.29 is 0 Å². The second-order valence-electron chi connectivity index (χ2n) is 3.63. The van der Waals surface area contributed by atoms with Gasteiger partial charge in [0, 0.05) is 26.2 Å². The molecule has 0 unspecified atom stereocenters. The average molecular weight is 241 g/mol. The summed E-state index contributed by atoms with van der Waals surface area (Å²) in [7, 11) is 0. The first-order valence-corrected chi connectivity index (χ1v) is 5.44. The van der Waals surface area contributed by atoms with Crippen LogP contribution in [0.3, 0.4) is 0 Å². The van der Waals surface area contributed by atoms with Gasteiger partial charge in [-0.2, -0.15) is 0 Å². The molecule has 0 saturated heterocycles. The highest BCUT2D eigenvalue weighted by molar-refractivity contribution is 5.85. The molecule has 0 radical (unpaired) electrons. The van der Waals surface area contributed by atoms with Crippen molar-refractivity contribution in [2.24, 2.45) is 5.73 Å². The van der Waals surface area contributed by atoms with Gasteiger partial charge in [-0.3, -0.25) is 4.90 Å². The first-order chi connectivity index (χ1) is 7.36. The number of hydrogen-bond donors (Lipinski definition) is 1. The zero-order valence-electron chi connectivity index (χ0n) is 9.64. The van der Waals surface area contributed by atoms with Crippen molar-refractivity contribution in [2.45, 2.75) is 13.0 Å². The molecule has 0 heterocycles. The largest absolute Gasteiger partial charge is 0.329 e. The van der Waals surface area contributed by atoms with Crippen molar-refractivity contribution in [3.05, 3.63) is 48.6 Å². The molecule has 0 aliphatic heterocycles. The third-order valence-electron chi connectivity index (χ3n) is 2.34. The third kappa shape index (κ3) is 5.91. The van der Waals surface area contributed by atoms with Gasteiger partial charge < -0.3 is 5.73 Å². The Bertz CT molecular complexity index is 275. The van der Waals surface area contributed by atoms with E-state index in [2.05, 4.69) is 35.7 Å². The van der Waals surface area contributed by atoms with Crippen LogP contribution < -0.4 is 5.73 Å². The highest BCUT2D eigenvalue weighted by atomic mass is 35.5. The minimum Gasteiger partial charge on any atom is -0.329 e. The summed E-state index contributed by atoms with van der Waals surface area (Å²) >= 11 is 0. The van der Waals surface area contributed by atoms with Gasteiger partial charge in [-0.15, -0.1) is 19.0 Å². The molecule has 0 atom stereocenters. The maximum atomic E-state index is 5.59. The summed E-state index contributed by atoms with van der Waals surface area (Å²) in [6.45, 7) is 7.42. The van der Waals surface area contributed by atoms with Gasteiger partial charge in [0.25, 0.3) is 0 Å². The van der Waals surface area contributed by atoms with Crippen LogP contribution in [0.15, 0.2) is 43.0 Å². The fraction of sp³-hybridized carbons (Fsp3) is 0.385. The van der Waals surface area contributed by atoms with E-state index in [1.54, 1.807) is 0 Å². The minimum atomic E-state index is 0. The molecule has 1 aromatic carbocycles. The van der Waals surface area contributed by atoms with Gasteiger partial charge in [0.15, 0.2) is 0 Å². The van der Waals surface area contributed by atoms with Gasteiger partial charge in [-0.1, -0.05) is 36.4 Å². The Kier molecular flexibility index (Phi) is 8.91. The van der Waals surface area contributed by atoms with Crippen LogP contribution in [0.5, 0.6) is 0 Å². The quantitative estimate of drug-likeness (QED) is 0.742. The molecule has 2 nitrogen and oxygen atoms in total. The van der Waals surface area contributed by atoms with E-state index in [0.29, 0.717) is 6.54 Å². The van der Waals surface area contributed by atoms with E-state index in [4.69, 9.17) is 5.73 Å². The molecule has 0 saturated carbocycles. The van der Waals surface area contributed by atoms with Gasteiger partial charge in [0.05, 0.1) is 0 Å². The molecular formula is C13H21ClN2.